The second kappa shape index (κ2) is 5.72. The molecule has 17 heavy (non-hydrogen) atoms. The molecule has 5 heteroatoms. The zero-order valence-electron chi connectivity index (χ0n) is 9.94. The van der Waals surface area contributed by atoms with Crippen LogP contribution in [-0.2, 0) is 15.1 Å². The molecule has 0 saturated heterocycles. The lowest BCUT2D eigenvalue weighted by Crippen LogP contribution is -2.24. The molecule has 0 aliphatic heterocycles. The Labute approximate surface area is 99.4 Å². The first-order chi connectivity index (χ1) is 7.95. The molecular formula is C12H16FNO3. The highest BCUT2D eigenvalue weighted by atomic mass is 19.1. The fourth-order valence-electron chi connectivity index (χ4n) is 1.40. The molecule has 1 heterocycles. The average Bonchev–Trinajstić information content (AvgIpc) is 2.28. The Balaban J connectivity index is 2.61. The number of aromatic nitrogens is 1. The summed E-state index contributed by atoms with van der Waals surface area (Å²) >= 11 is 0. The summed E-state index contributed by atoms with van der Waals surface area (Å²) < 4.78 is 17.4. The number of ether oxygens (including phenoxy) is 1. The Morgan fingerprint density at radius 2 is 2.29 bits per heavy atom. The molecule has 1 aromatic heterocycles. The van der Waals surface area contributed by atoms with Crippen LogP contribution >= 0.6 is 0 Å². The molecule has 0 aliphatic rings. The highest BCUT2D eigenvalue weighted by Crippen LogP contribution is 2.24. The van der Waals surface area contributed by atoms with E-state index in [4.69, 9.17) is 4.74 Å². The van der Waals surface area contributed by atoms with Gasteiger partial charge in [0.2, 0.25) is 0 Å². The minimum atomic E-state index is -1.26. The van der Waals surface area contributed by atoms with Crippen LogP contribution in [0.5, 0.6) is 0 Å². The number of aliphatic hydroxyl groups is 1. The summed E-state index contributed by atoms with van der Waals surface area (Å²) in [6.07, 6.45) is 1.32. The molecule has 0 aromatic carbocycles. The zero-order valence-corrected chi connectivity index (χ0v) is 9.94. The van der Waals surface area contributed by atoms with E-state index in [1.54, 1.807) is 6.92 Å². The van der Waals surface area contributed by atoms with E-state index in [0.29, 0.717) is 12.3 Å². The van der Waals surface area contributed by atoms with Gasteiger partial charge in [-0.2, -0.15) is 0 Å². The van der Waals surface area contributed by atoms with E-state index < -0.39 is 11.4 Å². The van der Waals surface area contributed by atoms with Crippen molar-refractivity contribution in [3.8, 4) is 0 Å². The largest absolute Gasteiger partial charge is 0.466 e. The summed E-state index contributed by atoms with van der Waals surface area (Å²) in [5, 5.41) is 10.1. The summed E-state index contributed by atoms with van der Waals surface area (Å²) in [7, 11) is 0. The van der Waals surface area contributed by atoms with Crippen LogP contribution in [-0.4, -0.2) is 22.7 Å². The molecule has 0 amide bonds. The maximum Gasteiger partial charge on any atom is 0.305 e. The van der Waals surface area contributed by atoms with Crippen molar-refractivity contribution >= 4 is 5.97 Å². The van der Waals surface area contributed by atoms with Crippen molar-refractivity contribution in [1.82, 2.24) is 4.98 Å². The van der Waals surface area contributed by atoms with Crippen LogP contribution in [0.15, 0.2) is 18.3 Å². The van der Waals surface area contributed by atoms with Gasteiger partial charge in [0.05, 0.1) is 18.5 Å². The van der Waals surface area contributed by atoms with Gasteiger partial charge in [-0.1, -0.05) is 0 Å². The lowest BCUT2D eigenvalue weighted by atomic mass is 9.95. The van der Waals surface area contributed by atoms with Gasteiger partial charge in [-0.3, -0.25) is 9.78 Å². The summed E-state index contributed by atoms with van der Waals surface area (Å²) in [6, 6.07) is 2.63. The highest BCUT2D eigenvalue weighted by molar-refractivity contribution is 5.69. The van der Waals surface area contributed by atoms with E-state index in [-0.39, 0.29) is 18.8 Å². The molecule has 1 N–H and O–H groups in total. The second-order valence-electron chi connectivity index (χ2n) is 3.94. The number of hydrogen-bond acceptors (Lipinski definition) is 4. The molecule has 1 atom stereocenters. The Bertz CT molecular complexity index is 376. The van der Waals surface area contributed by atoms with Gasteiger partial charge in [0.1, 0.15) is 11.4 Å². The minimum Gasteiger partial charge on any atom is -0.466 e. The third-order valence-electron chi connectivity index (χ3n) is 2.40. The minimum absolute atomic E-state index is 0.0971. The van der Waals surface area contributed by atoms with Gasteiger partial charge in [-0.15, -0.1) is 0 Å². The van der Waals surface area contributed by atoms with Crippen LogP contribution in [0, 0.1) is 5.82 Å². The Morgan fingerprint density at radius 1 is 1.59 bits per heavy atom. The highest BCUT2D eigenvalue weighted by Gasteiger charge is 2.25. The van der Waals surface area contributed by atoms with Gasteiger partial charge < -0.3 is 9.84 Å². The predicted octanol–water partition coefficient (Wildman–Crippen LogP) is 1.77. The molecule has 0 bridgehead atoms. The van der Waals surface area contributed by atoms with Gasteiger partial charge in [0, 0.05) is 6.42 Å². The van der Waals surface area contributed by atoms with Crippen molar-refractivity contribution in [2.75, 3.05) is 6.61 Å². The molecule has 0 spiro atoms. The van der Waals surface area contributed by atoms with E-state index in [2.05, 4.69) is 4.98 Å². The smallest absolute Gasteiger partial charge is 0.305 e. The number of carbonyl (C=O) groups excluding carboxylic acids is 1. The normalized spacial score (nSPS) is 14.1. The van der Waals surface area contributed by atoms with Crippen LogP contribution in [0.2, 0.25) is 0 Å². The molecular weight excluding hydrogens is 225 g/mol. The molecule has 4 nitrogen and oxygen atoms in total. The van der Waals surface area contributed by atoms with Gasteiger partial charge >= 0.3 is 5.97 Å². The van der Waals surface area contributed by atoms with Crippen LogP contribution in [0.25, 0.3) is 0 Å². The molecule has 1 aromatic rings. The number of pyridine rings is 1. The first-order valence-corrected chi connectivity index (χ1v) is 5.45. The second-order valence-corrected chi connectivity index (χ2v) is 3.94. The summed E-state index contributed by atoms with van der Waals surface area (Å²) in [5.41, 5.74) is -0.927. The Kier molecular flexibility index (Phi) is 4.57. The van der Waals surface area contributed by atoms with Crippen LogP contribution < -0.4 is 0 Å². The number of rotatable bonds is 5. The lowest BCUT2D eigenvalue weighted by molar-refractivity contribution is -0.144. The Hall–Kier alpha value is -1.49. The average molecular weight is 241 g/mol. The molecule has 0 aliphatic carbocycles. The third kappa shape index (κ3) is 4.11. The maximum atomic E-state index is 12.7. The van der Waals surface area contributed by atoms with Crippen LogP contribution in [0.4, 0.5) is 4.39 Å². The lowest BCUT2D eigenvalue weighted by Gasteiger charge is -2.21. The number of halogens is 1. The quantitative estimate of drug-likeness (QED) is 0.798. The monoisotopic (exact) mass is 241 g/mol. The molecule has 1 rings (SSSR count). The van der Waals surface area contributed by atoms with E-state index >= 15 is 0 Å². The molecule has 1 unspecified atom stereocenters. The standard InChI is InChI=1S/C12H16FNO3/c1-3-17-11(15)6-7-12(2,16)10-5-4-9(13)8-14-10/h4-5,8,16H,3,6-7H2,1-2H3. The SMILES string of the molecule is CCOC(=O)CCC(C)(O)c1ccc(F)cn1. The van der Waals surface area contributed by atoms with Gasteiger partial charge in [0.15, 0.2) is 0 Å². The molecule has 0 saturated carbocycles. The number of carbonyl (C=O) groups is 1. The summed E-state index contributed by atoms with van der Waals surface area (Å²) in [6.45, 7) is 3.57. The van der Waals surface area contributed by atoms with Crippen molar-refractivity contribution in [2.24, 2.45) is 0 Å². The van der Waals surface area contributed by atoms with Crippen molar-refractivity contribution in [3.63, 3.8) is 0 Å². The van der Waals surface area contributed by atoms with Crippen molar-refractivity contribution < 1.29 is 19.0 Å². The first-order valence-electron chi connectivity index (χ1n) is 5.45. The Morgan fingerprint density at radius 3 is 2.82 bits per heavy atom. The topological polar surface area (TPSA) is 59.4 Å². The number of hydrogen-bond donors (Lipinski definition) is 1. The van der Waals surface area contributed by atoms with Crippen LogP contribution in [0.3, 0.4) is 0 Å². The van der Waals surface area contributed by atoms with Crippen LogP contribution in [0.1, 0.15) is 32.4 Å². The number of esters is 1. The molecule has 0 fully saturated rings. The first kappa shape index (κ1) is 13.6. The third-order valence-corrected chi connectivity index (χ3v) is 2.40. The van der Waals surface area contributed by atoms with E-state index in [9.17, 15) is 14.3 Å². The van der Waals surface area contributed by atoms with Crippen molar-refractivity contribution in [3.05, 3.63) is 29.8 Å². The van der Waals surface area contributed by atoms with Crippen molar-refractivity contribution in [2.45, 2.75) is 32.3 Å². The maximum absolute atomic E-state index is 12.7. The van der Waals surface area contributed by atoms with Gasteiger partial charge in [-0.25, -0.2) is 4.39 Å². The molecule has 0 radical (unpaired) electrons. The number of nitrogens with zero attached hydrogens (tertiary/aromatic N) is 1. The van der Waals surface area contributed by atoms with Gasteiger partial charge in [-0.05, 0) is 32.4 Å². The van der Waals surface area contributed by atoms with E-state index in [1.807, 2.05) is 0 Å². The fraction of sp³-hybridized carbons (Fsp3) is 0.500. The summed E-state index contributed by atoms with van der Waals surface area (Å²) in [4.78, 5) is 15.0. The molecule has 94 valence electrons. The van der Waals surface area contributed by atoms with Crippen molar-refractivity contribution in [1.29, 1.82) is 0 Å². The van der Waals surface area contributed by atoms with E-state index in [1.165, 1.54) is 19.1 Å². The fourth-order valence-corrected chi connectivity index (χ4v) is 1.40. The van der Waals surface area contributed by atoms with E-state index in [0.717, 1.165) is 6.20 Å². The predicted molar refractivity (Wildman–Crippen MR) is 59.6 cm³/mol. The zero-order chi connectivity index (χ0) is 12.9. The van der Waals surface area contributed by atoms with Gasteiger partial charge in [0.25, 0.3) is 0 Å². The summed E-state index contributed by atoms with van der Waals surface area (Å²) in [5.74, 6) is -0.829.